The summed E-state index contributed by atoms with van der Waals surface area (Å²) in [5, 5.41) is 4.44. The van der Waals surface area contributed by atoms with Crippen LogP contribution in [-0.4, -0.2) is 29.5 Å². The summed E-state index contributed by atoms with van der Waals surface area (Å²) in [4.78, 5) is 8.37. The first-order chi connectivity index (χ1) is 9.72. The Hall–Kier alpha value is -0.610. The lowest BCUT2D eigenvalue weighted by Gasteiger charge is -2.34. The molecule has 1 aliphatic rings. The van der Waals surface area contributed by atoms with Gasteiger partial charge in [-0.15, -0.1) is 11.3 Å². The minimum absolute atomic E-state index is 0.770. The molecule has 0 amide bonds. The Kier molecular flexibility index (Phi) is 6.30. The first kappa shape index (κ1) is 15.8. The SMILES string of the molecule is CCCNc1ncc(CN(C)C2CCC(CC)CC2)s1. The summed E-state index contributed by atoms with van der Waals surface area (Å²) in [5.74, 6) is 0.980. The van der Waals surface area contributed by atoms with Crippen molar-refractivity contribution in [1.82, 2.24) is 9.88 Å². The summed E-state index contributed by atoms with van der Waals surface area (Å²) < 4.78 is 0. The Morgan fingerprint density at radius 1 is 1.30 bits per heavy atom. The second kappa shape index (κ2) is 7.99. The molecule has 1 fully saturated rings. The van der Waals surface area contributed by atoms with Crippen LogP contribution in [0.1, 0.15) is 57.2 Å². The summed E-state index contributed by atoms with van der Waals surface area (Å²) in [6.45, 7) is 6.58. The van der Waals surface area contributed by atoms with Crippen LogP contribution in [0.15, 0.2) is 6.20 Å². The molecule has 1 N–H and O–H groups in total. The van der Waals surface area contributed by atoms with Gasteiger partial charge in [0.15, 0.2) is 5.13 Å². The van der Waals surface area contributed by atoms with Crippen LogP contribution >= 0.6 is 11.3 Å². The zero-order valence-electron chi connectivity index (χ0n) is 13.2. The molecular formula is C16H29N3S. The maximum atomic E-state index is 4.46. The fourth-order valence-corrected chi connectivity index (χ4v) is 3.96. The lowest BCUT2D eigenvalue weighted by molar-refractivity contribution is 0.158. The van der Waals surface area contributed by atoms with E-state index in [1.54, 1.807) is 11.3 Å². The summed E-state index contributed by atoms with van der Waals surface area (Å²) in [7, 11) is 2.27. The van der Waals surface area contributed by atoms with Crippen molar-refractivity contribution in [3.05, 3.63) is 11.1 Å². The van der Waals surface area contributed by atoms with Gasteiger partial charge >= 0.3 is 0 Å². The third-order valence-corrected chi connectivity index (χ3v) is 5.44. The van der Waals surface area contributed by atoms with Crippen LogP contribution in [0.5, 0.6) is 0 Å². The third-order valence-electron chi connectivity index (χ3n) is 4.50. The predicted octanol–water partition coefficient (Wildman–Crippen LogP) is 4.37. The van der Waals surface area contributed by atoms with Crippen LogP contribution in [0.2, 0.25) is 0 Å². The summed E-state index contributed by atoms with van der Waals surface area (Å²) in [6, 6.07) is 0.770. The van der Waals surface area contributed by atoms with Gasteiger partial charge in [0, 0.05) is 30.2 Å². The van der Waals surface area contributed by atoms with Gasteiger partial charge in [-0.1, -0.05) is 20.3 Å². The standard InChI is InChI=1S/C16H29N3S/c1-4-10-17-16-18-11-15(20-16)12-19(3)14-8-6-13(5-2)7-9-14/h11,13-14H,4-10,12H2,1-3H3,(H,17,18). The smallest absolute Gasteiger partial charge is 0.182 e. The molecule has 3 nitrogen and oxygen atoms in total. The topological polar surface area (TPSA) is 28.2 Å². The highest BCUT2D eigenvalue weighted by Gasteiger charge is 2.23. The average Bonchev–Trinajstić information content (AvgIpc) is 2.92. The minimum atomic E-state index is 0.770. The number of thiazole rings is 1. The molecule has 0 radical (unpaired) electrons. The van der Waals surface area contributed by atoms with Crippen LogP contribution in [0, 0.1) is 5.92 Å². The molecule has 0 spiro atoms. The quantitative estimate of drug-likeness (QED) is 0.810. The predicted molar refractivity (Wildman–Crippen MR) is 88.4 cm³/mol. The fraction of sp³-hybridized carbons (Fsp3) is 0.812. The average molecular weight is 295 g/mol. The van der Waals surface area contributed by atoms with Gasteiger partial charge in [-0.25, -0.2) is 4.98 Å². The van der Waals surface area contributed by atoms with Crippen molar-refractivity contribution in [2.24, 2.45) is 5.92 Å². The molecule has 1 heterocycles. The van der Waals surface area contributed by atoms with E-state index in [0.29, 0.717) is 0 Å². The van der Waals surface area contributed by atoms with Gasteiger partial charge in [0.25, 0.3) is 0 Å². The highest BCUT2D eigenvalue weighted by atomic mass is 32.1. The van der Waals surface area contributed by atoms with E-state index in [2.05, 4.69) is 36.1 Å². The first-order valence-corrected chi connectivity index (χ1v) is 8.93. The lowest BCUT2D eigenvalue weighted by atomic mass is 9.84. The van der Waals surface area contributed by atoms with Crippen molar-refractivity contribution in [2.75, 3.05) is 18.9 Å². The molecule has 1 saturated carbocycles. The van der Waals surface area contributed by atoms with Gasteiger partial charge in [-0.3, -0.25) is 4.90 Å². The van der Waals surface area contributed by atoms with E-state index in [4.69, 9.17) is 0 Å². The highest BCUT2D eigenvalue weighted by Crippen LogP contribution is 2.30. The van der Waals surface area contributed by atoms with Crippen molar-refractivity contribution < 1.29 is 0 Å². The lowest BCUT2D eigenvalue weighted by Crippen LogP contribution is -2.34. The minimum Gasteiger partial charge on any atom is -0.362 e. The molecule has 0 aromatic carbocycles. The molecule has 1 aromatic rings. The van der Waals surface area contributed by atoms with Crippen LogP contribution in [0.25, 0.3) is 0 Å². The van der Waals surface area contributed by atoms with Crippen LogP contribution in [-0.2, 0) is 6.54 Å². The van der Waals surface area contributed by atoms with E-state index in [9.17, 15) is 0 Å². The molecule has 0 atom stereocenters. The van der Waals surface area contributed by atoms with Crippen molar-refractivity contribution >= 4 is 16.5 Å². The Morgan fingerprint density at radius 2 is 2.05 bits per heavy atom. The number of hydrogen-bond donors (Lipinski definition) is 1. The number of nitrogens with zero attached hydrogens (tertiary/aromatic N) is 2. The molecule has 0 aliphatic heterocycles. The number of rotatable bonds is 7. The van der Waals surface area contributed by atoms with Gasteiger partial charge in [0.1, 0.15) is 0 Å². The molecule has 1 aliphatic carbocycles. The molecule has 4 heteroatoms. The van der Waals surface area contributed by atoms with Gasteiger partial charge in [-0.2, -0.15) is 0 Å². The number of aromatic nitrogens is 1. The van der Waals surface area contributed by atoms with E-state index in [1.807, 2.05) is 6.20 Å². The van der Waals surface area contributed by atoms with Crippen molar-refractivity contribution in [1.29, 1.82) is 0 Å². The molecule has 0 unspecified atom stereocenters. The van der Waals surface area contributed by atoms with Crippen LogP contribution in [0.4, 0.5) is 5.13 Å². The second-order valence-electron chi connectivity index (χ2n) is 6.06. The maximum absolute atomic E-state index is 4.46. The van der Waals surface area contributed by atoms with Crippen LogP contribution < -0.4 is 5.32 Å². The van der Waals surface area contributed by atoms with E-state index in [0.717, 1.165) is 36.6 Å². The van der Waals surface area contributed by atoms with E-state index in [1.165, 1.54) is 37.0 Å². The Bertz CT molecular complexity index is 383. The van der Waals surface area contributed by atoms with Gasteiger partial charge in [-0.05, 0) is 45.1 Å². The number of hydrogen-bond acceptors (Lipinski definition) is 4. The monoisotopic (exact) mass is 295 g/mol. The van der Waals surface area contributed by atoms with Gasteiger partial charge in [0.05, 0.1) is 0 Å². The number of anilines is 1. The molecule has 1 aromatic heterocycles. The molecule has 20 heavy (non-hydrogen) atoms. The normalized spacial score (nSPS) is 23.2. The Labute approximate surface area is 127 Å². The first-order valence-electron chi connectivity index (χ1n) is 8.11. The fourth-order valence-electron chi connectivity index (χ4n) is 3.06. The summed E-state index contributed by atoms with van der Waals surface area (Å²) in [6.07, 6.45) is 10.1. The Balaban J connectivity index is 1.79. The molecule has 2 rings (SSSR count). The van der Waals surface area contributed by atoms with Crippen LogP contribution in [0.3, 0.4) is 0 Å². The zero-order valence-corrected chi connectivity index (χ0v) is 14.0. The van der Waals surface area contributed by atoms with Crippen molar-refractivity contribution in [3.63, 3.8) is 0 Å². The molecule has 0 saturated heterocycles. The molecular weight excluding hydrogens is 266 g/mol. The zero-order chi connectivity index (χ0) is 14.4. The Morgan fingerprint density at radius 3 is 2.70 bits per heavy atom. The van der Waals surface area contributed by atoms with Gasteiger partial charge < -0.3 is 5.32 Å². The largest absolute Gasteiger partial charge is 0.362 e. The van der Waals surface area contributed by atoms with E-state index < -0.39 is 0 Å². The third kappa shape index (κ3) is 4.45. The van der Waals surface area contributed by atoms with E-state index >= 15 is 0 Å². The van der Waals surface area contributed by atoms with Gasteiger partial charge in [0.2, 0.25) is 0 Å². The second-order valence-corrected chi connectivity index (χ2v) is 7.17. The summed E-state index contributed by atoms with van der Waals surface area (Å²) >= 11 is 1.81. The number of nitrogens with one attached hydrogen (secondary N) is 1. The maximum Gasteiger partial charge on any atom is 0.182 e. The highest BCUT2D eigenvalue weighted by molar-refractivity contribution is 7.15. The summed E-state index contributed by atoms with van der Waals surface area (Å²) in [5.41, 5.74) is 0. The van der Waals surface area contributed by atoms with Crippen molar-refractivity contribution in [3.8, 4) is 0 Å². The molecule has 114 valence electrons. The van der Waals surface area contributed by atoms with Crippen molar-refractivity contribution in [2.45, 2.75) is 65.0 Å². The van der Waals surface area contributed by atoms with E-state index in [-0.39, 0.29) is 0 Å². The molecule has 0 bridgehead atoms.